The molecule has 0 unspecified atom stereocenters. The van der Waals surface area contributed by atoms with E-state index in [4.69, 9.17) is 10.3 Å². The summed E-state index contributed by atoms with van der Waals surface area (Å²) in [7, 11) is 0. The Hall–Kier alpha value is -1.01. The Balaban J connectivity index is 2.04. The zero-order valence-electron chi connectivity index (χ0n) is 8.61. The first-order valence-electron chi connectivity index (χ1n) is 4.62. The molecule has 1 heterocycles. The van der Waals surface area contributed by atoms with Crippen molar-refractivity contribution < 1.29 is 4.52 Å². The van der Waals surface area contributed by atoms with Gasteiger partial charge in [0.05, 0.1) is 5.75 Å². The third-order valence-electron chi connectivity index (χ3n) is 1.88. The van der Waals surface area contributed by atoms with Gasteiger partial charge in [-0.15, -0.1) is 11.8 Å². The van der Waals surface area contributed by atoms with Crippen LogP contribution in [0.15, 0.2) is 32.1 Å². The summed E-state index contributed by atoms with van der Waals surface area (Å²) in [5.41, 5.74) is 6.40. The smallest absolute Gasteiger partial charge is 0.236 e. The van der Waals surface area contributed by atoms with Gasteiger partial charge in [-0.3, -0.25) is 0 Å². The maximum absolute atomic E-state index is 5.66. The van der Waals surface area contributed by atoms with Crippen LogP contribution in [0.5, 0.6) is 0 Å². The van der Waals surface area contributed by atoms with Crippen molar-refractivity contribution in [3.63, 3.8) is 0 Å². The number of nitrogens with zero attached hydrogens (tertiary/aromatic N) is 2. The molecule has 0 fully saturated rings. The summed E-state index contributed by atoms with van der Waals surface area (Å²) in [6, 6.07) is 5.71. The number of hydrogen-bond donors (Lipinski definition) is 1. The number of aromatic nitrogens is 2. The van der Waals surface area contributed by atoms with Gasteiger partial charge in [0.2, 0.25) is 5.89 Å². The van der Waals surface area contributed by atoms with E-state index in [0.717, 1.165) is 15.1 Å². The van der Waals surface area contributed by atoms with Crippen LogP contribution in [0.1, 0.15) is 11.7 Å². The molecule has 0 saturated carbocycles. The van der Waals surface area contributed by atoms with E-state index in [1.165, 1.54) is 0 Å². The van der Waals surface area contributed by atoms with Gasteiger partial charge in [0.25, 0.3) is 0 Å². The maximum Gasteiger partial charge on any atom is 0.236 e. The van der Waals surface area contributed by atoms with Crippen molar-refractivity contribution >= 4 is 33.4 Å². The van der Waals surface area contributed by atoms with E-state index in [2.05, 4.69) is 26.1 Å². The monoisotopic (exact) mass is 299 g/mol. The molecule has 1 aromatic carbocycles. The molecule has 0 aliphatic heterocycles. The fraction of sp³-hybridized carbons (Fsp3) is 0.200. The van der Waals surface area contributed by atoms with E-state index in [1.54, 1.807) is 18.7 Å². The van der Waals surface area contributed by atoms with Gasteiger partial charge in [-0.1, -0.05) is 5.16 Å². The molecule has 2 N–H and O–H groups in total. The molecule has 0 radical (unpaired) electrons. The van der Waals surface area contributed by atoms with Crippen molar-refractivity contribution in [3.05, 3.63) is 34.4 Å². The van der Waals surface area contributed by atoms with Crippen LogP contribution in [0.2, 0.25) is 0 Å². The van der Waals surface area contributed by atoms with Gasteiger partial charge in [0.15, 0.2) is 5.82 Å². The maximum atomic E-state index is 5.66. The molecule has 2 rings (SSSR count). The van der Waals surface area contributed by atoms with Crippen molar-refractivity contribution in [2.45, 2.75) is 17.6 Å². The Morgan fingerprint density at radius 1 is 1.50 bits per heavy atom. The Morgan fingerprint density at radius 3 is 2.94 bits per heavy atom. The van der Waals surface area contributed by atoms with Crippen molar-refractivity contribution in [1.82, 2.24) is 10.1 Å². The lowest BCUT2D eigenvalue weighted by atomic mass is 10.3. The van der Waals surface area contributed by atoms with Crippen LogP contribution >= 0.6 is 27.7 Å². The second-order valence-corrected chi connectivity index (χ2v) is 5.09. The number of nitrogens with two attached hydrogens (primary N) is 1. The van der Waals surface area contributed by atoms with Gasteiger partial charge in [-0.25, -0.2) is 0 Å². The van der Waals surface area contributed by atoms with Gasteiger partial charge in [0.1, 0.15) is 0 Å². The lowest BCUT2D eigenvalue weighted by Gasteiger charge is -2.02. The molecule has 2 aromatic rings. The molecule has 84 valence electrons. The second-order valence-electron chi connectivity index (χ2n) is 3.21. The van der Waals surface area contributed by atoms with E-state index < -0.39 is 0 Å². The highest BCUT2D eigenvalue weighted by molar-refractivity contribution is 9.10. The Morgan fingerprint density at radius 2 is 2.31 bits per heavy atom. The van der Waals surface area contributed by atoms with E-state index in [0.29, 0.717) is 17.5 Å². The first-order valence-corrected chi connectivity index (χ1v) is 6.40. The minimum absolute atomic E-state index is 0.631. The summed E-state index contributed by atoms with van der Waals surface area (Å²) in [5, 5.41) is 3.73. The highest BCUT2D eigenvalue weighted by atomic mass is 79.9. The van der Waals surface area contributed by atoms with Crippen molar-refractivity contribution in [2.75, 3.05) is 5.73 Å². The van der Waals surface area contributed by atoms with Crippen LogP contribution < -0.4 is 5.73 Å². The van der Waals surface area contributed by atoms with E-state index in [-0.39, 0.29) is 0 Å². The van der Waals surface area contributed by atoms with Crippen molar-refractivity contribution in [3.8, 4) is 0 Å². The van der Waals surface area contributed by atoms with E-state index in [9.17, 15) is 0 Å². The SMILES string of the molecule is Cc1noc(CSc2ccc(N)cc2Br)n1. The third kappa shape index (κ3) is 2.76. The van der Waals surface area contributed by atoms with Crippen LogP contribution in [-0.2, 0) is 5.75 Å². The molecule has 0 spiro atoms. The number of rotatable bonds is 3. The molecule has 6 heteroatoms. The van der Waals surface area contributed by atoms with Gasteiger partial charge < -0.3 is 10.3 Å². The average Bonchev–Trinajstić information content (AvgIpc) is 2.63. The van der Waals surface area contributed by atoms with Crippen LogP contribution in [0, 0.1) is 6.92 Å². The second kappa shape index (κ2) is 4.88. The molecule has 0 amide bonds. The normalized spacial score (nSPS) is 10.6. The van der Waals surface area contributed by atoms with Crippen LogP contribution in [-0.4, -0.2) is 10.1 Å². The van der Waals surface area contributed by atoms with Crippen LogP contribution in [0.4, 0.5) is 5.69 Å². The molecule has 0 aliphatic carbocycles. The van der Waals surface area contributed by atoms with Gasteiger partial charge in [-0.2, -0.15) is 4.98 Å². The van der Waals surface area contributed by atoms with Gasteiger partial charge in [-0.05, 0) is 41.1 Å². The summed E-state index contributed by atoms with van der Waals surface area (Å²) in [6.07, 6.45) is 0. The number of nitrogen functional groups attached to an aromatic ring is 1. The van der Waals surface area contributed by atoms with Gasteiger partial charge >= 0.3 is 0 Å². The molecular weight excluding hydrogens is 290 g/mol. The third-order valence-corrected chi connectivity index (χ3v) is 3.85. The first-order chi connectivity index (χ1) is 7.65. The Kier molecular flexibility index (Phi) is 3.50. The fourth-order valence-corrected chi connectivity index (χ4v) is 2.67. The summed E-state index contributed by atoms with van der Waals surface area (Å²) in [6.45, 7) is 1.80. The highest BCUT2D eigenvalue weighted by Gasteiger charge is 2.06. The molecule has 0 bridgehead atoms. The van der Waals surface area contributed by atoms with Gasteiger partial charge in [0, 0.05) is 15.1 Å². The minimum atomic E-state index is 0.631. The zero-order valence-corrected chi connectivity index (χ0v) is 11.0. The fourth-order valence-electron chi connectivity index (χ4n) is 1.17. The molecule has 1 aromatic heterocycles. The Labute approximate surface area is 106 Å². The van der Waals surface area contributed by atoms with E-state index >= 15 is 0 Å². The predicted octanol–water partition coefficient (Wildman–Crippen LogP) is 3.02. The summed E-state index contributed by atoms with van der Waals surface area (Å²) in [5.74, 6) is 1.95. The first kappa shape index (κ1) is 11.5. The highest BCUT2D eigenvalue weighted by Crippen LogP contribution is 2.31. The largest absolute Gasteiger partial charge is 0.399 e. The quantitative estimate of drug-likeness (QED) is 0.697. The Bertz CT molecular complexity index is 501. The predicted molar refractivity (Wildman–Crippen MR) is 67.2 cm³/mol. The summed E-state index contributed by atoms with van der Waals surface area (Å²) >= 11 is 5.08. The van der Waals surface area contributed by atoms with Crippen molar-refractivity contribution in [2.24, 2.45) is 0 Å². The molecule has 0 saturated heterocycles. The summed E-state index contributed by atoms with van der Waals surface area (Å²) in [4.78, 5) is 5.24. The van der Waals surface area contributed by atoms with E-state index in [1.807, 2.05) is 18.2 Å². The lowest BCUT2D eigenvalue weighted by Crippen LogP contribution is -1.86. The number of thioether (sulfide) groups is 1. The van der Waals surface area contributed by atoms with Crippen molar-refractivity contribution in [1.29, 1.82) is 0 Å². The summed E-state index contributed by atoms with van der Waals surface area (Å²) < 4.78 is 6.01. The molecule has 0 atom stereocenters. The topological polar surface area (TPSA) is 64.9 Å². The lowest BCUT2D eigenvalue weighted by molar-refractivity contribution is 0.387. The minimum Gasteiger partial charge on any atom is -0.399 e. The zero-order chi connectivity index (χ0) is 11.5. The van der Waals surface area contributed by atoms with Crippen LogP contribution in [0.3, 0.4) is 0 Å². The number of anilines is 1. The van der Waals surface area contributed by atoms with Crippen LogP contribution in [0.25, 0.3) is 0 Å². The average molecular weight is 300 g/mol. The standard InChI is InChI=1S/C10H10BrN3OS/c1-6-13-10(15-14-6)5-16-9-3-2-7(12)4-8(9)11/h2-4H,5,12H2,1H3. The number of aryl methyl sites for hydroxylation is 1. The number of hydrogen-bond acceptors (Lipinski definition) is 5. The molecule has 0 aliphatic rings. The number of benzene rings is 1. The number of halogens is 1. The molecular formula is C10H10BrN3OS. The molecule has 16 heavy (non-hydrogen) atoms. The molecule has 4 nitrogen and oxygen atoms in total.